The summed E-state index contributed by atoms with van der Waals surface area (Å²) in [6.45, 7) is 0. The summed E-state index contributed by atoms with van der Waals surface area (Å²) in [6, 6.07) is 5.57. The molecule has 0 unspecified atom stereocenters. The van der Waals surface area contributed by atoms with Crippen LogP contribution in [0.5, 0.6) is 0 Å². The minimum absolute atomic E-state index is 0.0811. The molecule has 0 bridgehead atoms. The van der Waals surface area contributed by atoms with Crippen LogP contribution in [0.2, 0.25) is 5.02 Å². The number of pyridine rings is 1. The van der Waals surface area contributed by atoms with Gasteiger partial charge in [0.15, 0.2) is 0 Å². The standard InChI is InChI=1S/C20H21ClFN3O2/c21-17-10-16(7-8-18(17)22)25-20(27)14-9-13(11-23-12-14)19(26)24-15-5-3-1-2-4-6-15/h7-12,15H,1-6H2,(H,24,26)(H,25,27). The van der Waals surface area contributed by atoms with Crippen LogP contribution in [0.1, 0.15) is 59.2 Å². The topological polar surface area (TPSA) is 71.1 Å². The number of nitrogens with zero attached hydrogens (tertiary/aromatic N) is 1. The molecule has 0 spiro atoms. The fourth-order valence-corrected chi connectivity index (χ4v) is 3.34. The van der Waals surface area contributed by atoms with Gasteiger partial charge in [-0.15, -0.1) is 0 Å². The van der Waals surface area contributed by atoms with Crippen molar-refractivity contribution in [2.75, 3.05) is 5.32 Å². The molecule has 0 aliphatic heterocycles. The van der Waals surface area contributed by atoms with Crippen molar-refractivity contribution in [2.24, 2.45) is 0 Å². The summed E-state index contributed by atoms with van der Waals surface area (Å²) < 4.78 is 13.2. The monoisotopic (exact) mass is 389 g/mol. The lowest BCUT2D eigenvalue weighted by Crippen LogP contribution is -2.34. The Morgan fingerprint density at radius 1 is 1.00 bits per heavy atom. The quantitative estimate of drug-likeness (QED) is 0.752. The smallest absolute Gasteiger partial charge is 0.257 e. The van der Waals surface area contributed by atoms with Gasteiger partial charge in [0.2, 0.25) is 0 Å². The molecule has 142 valence electrons. The summed E-state index contributed by atoms with van der Waals surface area (Å²) in [7, 11) is 0. The molecule has 1 aliphatic rings. The molecule has 0 atom stereocenters. The van der Waals surface area contributed by atoms with E-state index in [1.165, 1.54) is 49.5 Å². The maximum atomic E-state index is 13.2. The van der Waals surface area contributed by atoms with E-state index in [2.05, 4.69) is 15.6 Å². The molecular weight excluding hydrogens is 369 g/mol. The predicted octanol–water partition coefficient (Wildman–Crippen LogP) is 4.58. The highest BCUT2D eigenvalue weighted by Gasteiger charge is 2.17. The molecule has 7 heteroatoms. The third kappa shape index (κ3) is 5.26. The lowest BCUT2D eigenvalue weighted by molar-refractivity contribution is 0.0933. The summed E-state index contributed by atoms with van der Waals surface area (Å²) in [5, 5.41) is 5.57. The van der Waals surface area contributed by atoms with Gasteiger partial charge in [-0.3, -0.25) is 14.6 Å². The van der Waals surface area contributed by atoms with Gasteiger partial charge in [-0.2, -0.15) is 0 Å². The third-order valence-electron chi connectivity index (χ3n) is 4.63. The fourth-order valence-electron chi connectivity index (χ4n) is 3.16. The maximum Gasteiger partial charge on any atom is 0.257 e. The van der Waals surface area contributed by atoms with Crippen LogP contribution in [-0.4, -0.2) is 22.8 Å². The zero-order valence-electron chi connectivity index (χ0n) is 14.8. The van der Waals surface area contributed by atoms with E-state index in [9.17, 15) is 14.0 Å². The van der Waals surface area contributed by atoms with Gasteiger partial charge in [0.05, 0.1) is 16.1 Å². The summed E-state index contributed by atoms with van der Waals surface area (Å²) in [6.07, 6.45) is 9.42. The Balaban J connectivity index is 1.67. The number of hydrogen-bond acceptors (Lipinski definition) is 3. The average molecular weight is 390 g/mol. The van der Waals surface area contributed by atoms with E-state index >= 15 is 0 Å². The Morgan fingerprint density at radius 2 is 1.67 bits per heavy atom. The number of anilines is 1. The molecule has 1 fully saturated rings. The van der Waals surface area contributed by atoms with Crippen molar-refractivity contribution in [3.63, 3.8) is 0 Å². The van der Waals surface area contributed by atoms with E-state index in [-0.39, 0.29) is 22.5 Å². The highest BCUT2D eigenvalue weighted by molar-refractivity contribution is 6.31. The lowest BCUT2D eigenvalue weighted by atomic mass is 10.1. The number of hydrogen-bond donors (Lipinski definition) is 2. The van der Waals surface area contributed by atoms with Crippen molar-refractivity contribution < 1.29 is 14.0 Å². The van der Waals surface area contributed by atoms with Crippen LogP contribution in [0.3, 0.4) is 0 Å². The zero-order valence-corrected chi connectivity index (χ0v) is 15.6. The first-order valence-electron chi connectivity index (χ1n) is 9.05. The Kier molecular flexibility index (Phi) is 6.40. The van der Waals surface area contributed by atoms with Crippen molar-refractivity contribution in [1.82, 2.24) is 10.3 Å². The van der Waals surface area contributed by atoms with E-state index in [1.54, 1.807) is 0 Å². The number of carbonyl (C=O) groups excluding carboxylic acids is 2. The second-order valence-corrected chi connectivity index (χ2v) is 7.11. The van der Waals surface area contributed by atoms with Crippen LogP contribution in [0.15, 0.2) is 36.7 Å². The number of amides is 2. The second kappa shape index (κ2) is 8.95. The van der Waals surface area contributed by atoms with Crippen LogP contribution in [-0.2, 0) is 0 Å². The van der Waals surface area contributed by atoms with Gasteiger partial charge in [0, 0.05) is 24.1 Å². The van der Waals surface area contributed by atoms with E-state index in [4.69, 9.17) is 11.6 Å². The highest BCUT2D eigenvalue weighted by atomic mass is 35.5. The number of halogens is 2. The van der Waals surface area contributed by atoms with Crippen molar-refractivity contribution in [2.45, 2.75) is 44.6 Å². The Bertz CT molecular complexity index is 836. The van der Waals surface area contributed by atoms with Gasteiger partial charge < -0.3 is 10.6 Å². The molecule has 2 N–H and O–H groups in total. The molecule has 2 amide bonds. The molecule has 3 rings (SSSR count). The third-order valence-corrected chi connectivity index (χ3v) is 4.92. The molecule has 2 aromatic rings. The minimum Gasteiger partial charge on any atom is -0.349 e. The van der Waals surface area contributed by atoms with Crippen molar-refractivity contribution in [3.05, 3.63) is 58.6 Å². The van der Waals surface area contributed by atoms with Gasteiger partial charge in [-0.1, -0.05) is 37.3 Å². The van der Waals surface area contributed by atoms with Crippen molar-refractivity contribution in [3.8, 4) is 0 Å². The van der Waals surface area contributed by atoms with Crippen LogP contribution < -0.4 is 10.6 Å². The molecule has 27 heavy (non-hydrogen) atoms. The van der Waals surface area contributed by atoms with E-state index in [1.807, 2.05) is 0 Å². The van der Waals surface area contributed by atoms with E-state index < -0.39 is 11.7 Å². The van der Waals surface area contributed by atoms with Gasteiger partial charge in [-0.25, -0.2) is 4.39 Å². The largest absolute Gasteiger partial charge is 0.349 e. The van der Waals surface area contributed by atoms with Crippen molar-refractivity contribution >= 4 is 29.1 Å². The summed E-state index contributed by atoms with van der Waals surface area (Å²) in [5.74, 6) is -1.24. The number of nitrogens with one attached hydrogen (secondary N) is 2. The number of aromatic nitrogens is 1. The zero-order chi connectivity index (χ0) is 19.2. The predicted molar refractivity (Wildman–Crippen MR) is 103 cm³/mol. The van der Waals surface area contributed by atoms with Gasteiger partial charge in [0.1, 0.15) is 5.82 Å². The molecular formula is C20H21ClFN3O2. The molecule has 1 heterocycles. The molecule has 5 nitrogen and oxygen atoms in total. The first-order chi connectivity index (χ1) is 13.0. The minimum atomic E-state index is -0.562. The van der Waals surface area contributed by atoms with Crippen LogP contribution in [0, 0.1) is 5.82 Å². The summed E-state index contributed by atoms with van der Waals surface area (Å²) in [5.41, 5.74) is 0.938. The van der Waals surface area contributed by atoms with Crippen LogP contribution in [0.4, 0.5) is 10.1 Å². The van der Waals surface area contributed by atoms with Crippen molar-refractivity contribution in [1.29, 1.82) is 0 Å². The van der Waals surface area contributed by atoms with Gasteiger partial charge in [-0.05, 0) is 37.1 Å². The SMILES string of the molecule is O=C(Nc1ccc(F)c(Cl)c1)c1cncc(C(=O)NC2CCCCCC2)c1. The highest BCUT2D eigenvalue weighted by Crippen LogP contribution is 2.20. The summed E-state index contributed by atoms with van der Waals surface area (Å²) in [4.78, 5) is 28.9. The normalized spacial score (nSPS) is 15.0. The maximum absolute atomic E-state index is 13.2. The number of rotatable bonds is 4. The molecule has 1 aliphatic carbocycles. The van der Waals surface area contributed by atoms with Crippen LogP contribution in [0.25, 0.3) is 0 Å². The number of benzene rings is 1. The summed E-state index contributed by atoms with van der Waals surface area (Å²) >= 11 is 5.72. The first-order valence-corrected chi connectivity index (χ1v) is 9.43. The average Bonchev–Trinajstić information content (AvgIpc) is 2.93. The first kappa shape index (κ1) is 19.3. The lowest BCUT2D eigenvalue weighted by Gasteiger charge is -2.16. The molecule has 0 saturated heterocycles. The molecule has 1 aromatic heterocycles. The van der Waals surface area contributed by atoms with Gasteiger partial charge in [0.25, 0.3) is 11.8 Å². The molecule has 0 radical (unpaired) electrons. The number of carbonyl (C=O) groups is 2. The second-order valence-electron chi connectivity index (χ2n) is 6.71. The fraction of sp³-hybridized carbons (Fsp3) is 0.350. The Labute approximate surface area is 162 Å². The Morgan fingerprint density at radius 3 is 2.33 bits per heavy atom. The Hall–Kier alpha value is -2.47. The molecule has 1 aromatic carbocycles. The van der Waals surface area contributed by atoms with Gasteiger partial charge >= 0.3 is 0 Å². The van der Waals surface area contributed by atoms with E-state index in [0.717, 1.165) is 25.7 Å². The van der Waals surface area contributed by atoms with Crippen LogP contribution >= 0.6 is 11.6 Å². The molecule has 1 saturated carbocycles. The van der Waals surface area contributed by atoms with E-state index in [0.29, 0.717) is 11.3 Å².